The average Bonchev–Trinajstić information content (AvgIpc) is 2.34. The summed E-state index contributed by atoms with van der Waals surface area (Å²) in [6.07, 6.45) is 1.18. The van der Waals surface area contributed by atoms with Gasteiger partial charge in [0.15, 0.2) is 0 Å². The van der Waals surface area contributed by atoms with Gasteiger partial charge in [0.2, 0.25) is 5.91 Å². The first-order valence-electron chi connectivity index (χ1n) is 6.85. The molecule has 3 N–H and O–H groups in total. The van der Waals surface area contributed by atoms with Crippen LogP contribution in [0.15, 0.2) is 0 Å². The second-order valence-electron chi connectivity index (χ2n) is 5.59. The van der Waals surface area contributed by atoms with Gasteiger partial charge in [-0.05, 0) is 40.0 Å². The van der Waals surface area contributed by atoms with Crippen LogP contribution in [-0.2, 0) is 14.3 Å². The highest BCUT2D eigenvalue weighted by Crippen LogP contribution is 2.06. The molecule has 2 atom stereocenters. The Labute approximate surface area is 127 Å². The predicted molar refractivity (Wildman–Crippen MR) is 82.2 cm³/mol. The highest BCUT2D eigenvalue weighted by Gasteiger charge is 2.19. The number of nitrogens with one attached hydrogen (secondary N) is 2. The molecule has 0 aliphatic rings. The molecule has 8 heteroatoms. The van der Waals surface area contributed by atoms with Gasteiger partial charge in [0.25, 0.3) is 0 Å². The van der Waals surface area contributed by atoms with Crippen LogP contribution < -0.4 is 10.6 Å². The van der Waals surface area contributed by atoms with Gasteiger partial charge in [-0.25, -0.2) is 9.59 Å². The Bertz CT molecular complexity index is 368. The maximum atomic E-state index is 11.4. The van der Waals surface area contributed by atoms with Crippen LogP contribution in [0.25, 0.3) is 0 Å². The zero-order chi connectivity index (χ0) is 16.5. The highest BCUT2D eigenvalue weighted by molar-refractivity contribution is 7.18. The summed E-state index contributed by atoms with van der Waals surface area (Å²) in [5.41, 5.74) is -0.541. The number of unbranched alkanes of at least 4 members (excludes halogenated alkanes) is 1. The van der Waals surface area contributed by atoms with E-state index in [-0.39, 0.29) is 12.1 Å². The van der Waals surface area contributed by atoms with E-state index >= 15 is 0 Å². The lowest BCUT2D eigenvalue weighted by Crippen LogP contribution is -2.41. The molecule has 2 unspecified atom stereocenters. The normalized spacial score (nSPS) is 12.4. The molecule has 0 saturated carbocycles. The Morgan fingerprint density at radius 2 is 1.86 bits per heavy atom. The number of rotatable bonds is 8. The Morgan fingerprint density at radius 1 is 1.24 bits per heavy atom. The predicted octanol–water partition coefficient (Wildman–Crippen LogP) is 1.13. The third kappa shape index (κ3) is 11.0. The first-order valence-corrected chi connectivity index (χ1v) is 7.66. The molecule has 2 amide bonds. The van der Waals surface area contributed by atoms with Gasteiger partial charge in [-0.1, -0.05) is 0 Å². The van der Waals surface area contributed by atoms with Gasteiger partial charge in [-0.15, -0.1) is 9.24 Å². The number of amides is 2. The van der Waals surface area contributed by atoms with Gasteiger partial charge in [-0.2, -0.15) is 0 Å². The molecule has 0 spiro atoms. The summed E-state index contributed by atoms with van der Waals surface area (Å²) in [4.78, 5) is 33.5. The summed E-state index contributed by atoms with van der Waals surface area (Å²) in [7, 11) is 2.24. The van der Waals surface area contributed by atoms with Crippen molar-refractivity contribution in [3.05, 3.63) is 0 Å². The molecule has 0 aromatic rings. The largest absolute Gasteiger partial charge is 0.480 e. The van der Waals surface area contributed by atoms with Gasteiger partial charge >= 0.3 is 12.1 Å². The van der Waals surface area contributed by atoms with Gasteiger partial charge in [-0.3, -0.25) is 4.79 Å². The first kappa shape index (κ1) is 19.6. The monoisotopic (exact) mass is 320 g/mol. The Balaban J connectivity index is 3.88. The van der Waals surface area contributed by atoms with Gasteiger partial charge in [0.1, 0.15) is 11.6 Å². The van der Waals surface area contributed by atoms with E-state index in [0.29, 0.717) is 25.8 Å². The van der Waals surface area contributed by atoms with Crippen LogP contribution in [0.5, 0.6) is 0 Å². The molecule has 0 saturated heterocycles. The summed E-state index contributed by atoms with van der Waals surface area (Å²) < 4.78 is 5.07. The molecule has 7 nitrogen and oxygen atoms in total. The van der Waals surface area contributed by atoms with Crippen molar-refractivity contribution >= 4 is 27.2 Å². The number of hydrogen-bond acceptors (Lipinski definition) is 4. The molecular formula is C13H25N2O5P. The molecule has 0 heterocycles. The number of hydrogen-bond donors (Lipinski definition) is 3. The molecule has 122 valence electrons. The van der Waals surface area contributed by atoms with Crippen LogP contribution in [0.4, 0.5) is 4.79 Å². The number of alkyl carbamates (subject to hydrolysis) is 1. The van der Waals surface area contributed by atoms with Gasteiger partial charge in [0, 0.05) is 12.7 Å². The topological polar surface area (TPSA) is 105 Å². The summed E-state index contributed by atoms with van der Waals surface area (Å²) in [6.45, 7) is 5.73. The number of carbonyl (C=O) groups is 3. The van der Waals surface area contributed by atoms with E-state index < -0.39 is 23.7 Å². The number of aliphatic carboxylic acids is 1. The van der Waals surface area contributed by atoms with Crippen LogP contribution >= 0.6 is 9.24 Å². The van der Waals surface area contributed by atoms with Crippen molar-refractivity contribution in [3.8, 4) is 0 Å². The van der Waals surface area contributed by atoms with E-state index in [1.54, 1.807) is 20.8 Å². The third-order valence-corrected chi connectivity index (χ3v) is 2.78. The van der Waals surface area contributed by atoms with Crippen LogP contribution in [0.2, 0.25) is 0 Å². The lowest BCUT2D eigenvalue weighted by molar-refractivity contribution is -0.141. The van der Waals surface area contributed by atoms with Crippen molar-refractivity contribution in [1.82, 2.24) is 10.6 Å². The van der Waals surface area contributed by atoms with Crippen LogP contribution in [0.3, 0.4) is 0 Å². The Hall–Kier alpha value is -1.36. The van der Waals surface area contributed by atoms with E-state index in [2.05, 4.69) is 19.9 Å². The van der Waals surface area contributed by atoms with Gasteiger partial charge < -0.3 is 20.5 Å². The SMILES string of the molecule is CC(C)(C)OC(=O)NCCCCC(NC(=O)CP)C(=O)O. The van der Waals surface area contributed by atoms with E-state index in [1.165, 1.54) is 0 Å². The quantitative estimate of drug-likeness (QED) is 0.459. The summed E-state index contributed by atoms with van der Waals surface area (Å²) in [6, 6.07) is -0.889. The standard InChI is InChI=1S/C13H25N2O5P/c1-13(2,3)20-12(19)14-7-5-4-6-9(11(17)18)15-10(16)8-21/h9H,4-8,21H2,1-3H3,(H,14,19)(H,15,16)(H,17,18). The van der Waals surface area contributed by atoms with Crippen LogP contribution in [-0.4, -0.2) is 47.4 Å². The molecule has 0 rings (SSSR count). The van der Waals surface area contributed by atoms with Crippen LogP contribution in [0, 0.1) is 0 Å². The molecular weight excluding hydrogens is 295 g/mol. The number of carboxylic acids is 1. The van der Waals surface area contributed by atoms with Crippen molar-refractivity contribution in [1.29, 1.82) is 0 Å². The Morgan fingerprint density at radius 3 is 2.33 bits per heavy atom. The van der Waals surface area contributed by atoms with E-state index in [9.17, 15) is 14.4 Å². The molecule has 0 aromatic heterocycles. The van der Waals surface area contributed by atoms with Crippen molar-refractivity contribution in [3.63, 3.8) is 0 Å². The van der Waals surface area contributed by atoms with Crippen molar-refractivity contribution < 1.29 is 24.2 Å². The Kier molecular flexibility index (Phi) is 8.93. The van der Waals surface area contributed by atoms with Crippen LogP contribution in [0.1, 0.15) is 40.0 Å². The maximum absolute atomic E-state index is 11.4. The molecule has 0 fully saturated rings. The first-order chi connectivity index (χ1) is 9.65. The van der Waals surface area contributed by atoms with Crippen molar-refractivity contribution in [2.24, 2.45) is 0 Å². The molecule has 0 bridgehead atoms. The molecule has 0 aliphatic carbocycles. The fourth-order valence-electron chi connectivity index (χ4n) is 1.49. The van der Waals surface area contributed by atoms with E-state index in [0.717, 1.165) is 0 Å². The smallest absolute Gasteiger partial charge is 0.407 e. The molecule has 21 heavy (non-hydrogen) atoms. The summed E-state index contributed by atoms with van der Waals surface area (Å²) >= 11 is 0. The fraction of sp³-hybridized carbons (Fsp3) is 0.769. The lowest BCUT2D eigenvalue weighted by Gasteiger charge is -2.19. The average molecular weight is 320 g/mol. The van der Waals surface area contributed by atoms with E-state index in [4.69, 9.17) is 9.84 Å². The van der Waals surface area contributed by atoms with Gasteiger partial charge in [0.05, 0.1) is 0 Å². The maximum Gasteiger partial charge on any atom is 0.407 e. The minimum Gasteiger partial charge on any atom is -0.480 e. The number of carbonyl (C=O) groups excluding carboxylic acids is 2. The third-order valence-electron chi connectivity index (χ3n) is 2.41. The van der Waals surface area contributed by atoms with Crippen molar-refractivity contribution in [2.75, 3.05) is 12.7 Å². The lowest BCUT2D eigenvalue weighted by atomic mass is 10.1. The molecule has 0 aliphatic heterocycles. The fourth-order valence-corrected chi connectivity index (χ4v) is 1.61. The minimum atomic E-state index is -1.05. The summed E-state index contributed by atoms with van der Waals surface area (Å²) in [5, 5.41) is 14.0. The second kappa shape index (κ2) is 9.55. The minimum absolute atomic E-state index is 0.171. The zero-order valence-electron chi connectivity index (χ0n) is 12.8. The summed E-state index contributed by atoms with van der Waals surface area (Å²) in [5.74, 6) is -1.37. The van der Waals surface area contributed by atoms with Crippen molar-refractivity contribution in [2.45, 2.75) is 51.7 Å². The molecule has 0 radical (unpaired) electrons. The number of ether oxygens (including phenoxy) is 1. The van der Waals surface area contributed by atoms with E-state index in [1.807, 2.05) is 0 Å². The second-order valence-corrected chi connectivity index (χ2v) is 6.00. The molecule has 0 aromatic carbocycles. The zero-order valence-corrected chi connectivity index (χ0v) is 13.9. The number of carboxylic acid groups (broad SMARTS) is 1. The highest BCUT2D eigenvalue weighted by atomic mass is 31.0.